The number of carboxylic acids is 4. The number of aromatic hydroxyl groups is 1. The quantitative estimate of drug-likeness (QED) is 0.0427. The second kappa shape index (κ2) is 16.9. The highest BCUT2D eigenvalue weighted by molar-refractivity contribution is 6.07. The Morgan fingerprint density at radius 1 is 0.827 bits per heavy atom. The van der Waals surface area contributed by atoms with Gasteiger partial charge in [0.2, 0.25) is 0 Å². The Morgan fingerprint density at radius 2 is 1.48 bits per heavy atom. The van der Waals surface area contributed by atoms with Gasteiger partial charge in [0.25, 0.3) is 5.91 Å². The van der Waals surface area contributed by atoms with E-state index in [-0.39, 0.29) is 71.2 Å². The van der Waals surface area contributed by atoms with E-state index in [1.807, 2.05) is 0 Å². The lowest BCUT2D eigenvalue weighted by Crippen LogP contribution is -2.37. The van der Waals surface area contributed by atoms with Crippen molar-refractivity contribution in [3.05, 3.63) is 68.7 Å². The highest BCUT2D eigenvalue weighted by Gasteiger charge is 2.25. The van der Waals surface area contributed by atoms with Crippen LogP contribution in [0.3, 0.4) is 0 Å². The fourth-order valence-electron chi connectivity index (χ4n) is 5.40. The van der Waals surface area contributed by atoms with E-state index >= 15 is 0 Å². The van der Waals surface area contributed by atoms with Gasteiger partial charge in [-0.25, -0.2) is 0 Å². The van der Waals surface area contributed by atoms with E-state index in [2.05, 4.69) is 5.18 Å². The van der Waals surface area contributed by atoms with Gasteiger partial charge in [0.1, 0.15) is 49.1 Å². The molecule has 0 unspecified atom stereocenters. The number of anilines is 1. The average molecular weight is 725 g/mol. The number of hydrogen-bond acceptors (Lipinski definition) is 14. The van der Waals surface area contributed by atoms with Crippen LogP contribution in [0.4, 0.5) is 5.69 Å². The summed E-state index contributed by atoms with van der Waals surface area (Å²) in [5.41, 5.74) is 5.57. The Kier molecular flexibility index (Phi) is 12.4. The molecule has 19 nitrogen and oxygen atoms in total. The van der Waals surface area contributed by atoms with Crippen molar-refractivity contribution in [1.82, 2.24) is 4.90 Å². The van der Waals surface area contributed by atoms with Gasteiger partial charge >= 0.3 is 23.9 Å². The fourth-order valence-corrected chi connectivity index (χ4v) is 5.40. The molecule has 0 saturated heterocycles. The molecular formula is C33H32N4O15. The lowest BCUT2D eigenvalue weighted by atomic mass is 9.91. The molecule has 0 radical (unpaired) electrons. The van der Waals surface area contributed by atoms with Crippen molar-refractivity contribution in [2.24, 2.45) is 10.9 Å². The molecule has 0 atom stereocenters. The number of fused-ring (bicyclic) bond motifs is 2. The molecule has 2 aromatic rings. The van der Waals surface area contributed by atoms with E-state index < -0.39 is 73.7 Å². The van der Waals surface area contributed by atoms with E-state index in [1.54, 1.807) is 0 Å². The summed E-state index contributed by atoms with van der Waals surface area (Å²) >= 11 is 0. The molecule has 0 fully saturated rings. The van der Waals surface area contributed by atoms with Crippen LogP contribution in [0.5, 0.6) is 11.5 Å². The molecule has 52 heavy (non-hydrogen) atoms. The molecule has 2 aliphatic rings. The van der Waals surface area contributed by atoms with Crippen molar-refractivity contribution >= 4 is 46.4 Å². The first kappa shape index (κ1) is 38.2. The van der Waals surface area contributed by atoms with Crippen LogP contribution in [0.25, 0.3) is 33.4 Å². The SMILES string of the molecule is NC(=O)c1cc2c(-c3ccc(N(CC(=O)O)CC(=O)O)c(OCCOCCN(CC(=O)O)CC(=O)O)c3)c3cc(CN=O)c(=O)cc-3oc2cc1O. The topological polar surface area (TPSA) is 297 Å². The minimum atomic E-state index is -1.35. The van der Waals surface area contributed by atoms with Gasteiger partial charge in [0.15, 0.2) is 5.43 Å². The maximum absolute atomic E-state index is 12.7. The van der Waals surface area contributed by atoms with E-state index in [9.17, 15) is 49.0 Å². The van der Waals surface area contributed by atoms with Crippen molar-refractivity contribution in [2.45, 2.75) is 6.54 Å². The number of rotatable bonds is 20. The second-order valence-corrected chi connectivity index (χ2v) is 11.2. The molecule has 0 spiro atoms. The van der Waals surface area contributed by atoms with E-state index in [0.29, 0.717) is 11.1 Å². The molecule has 0 aromatic heterocycles. The number of nitroso groups, excluding NO2 is 1. The number of carboxylic acid groups (broad SMARTS) is 4. The number of amides is 1. The predicted molar refractivity (Wildman–Crippen MR) is 180 cm³/mol. The van der Waals surface area contributed by atoms with Gasteiger partial charge in [0, 0.05) is 40.8 Å². The zero-order valence-corrected chi connectivity index (χ0v) is 27.1. The van der Waals surface area contributed by atoms with Crippen molar-refractivity contribution in [3.63, 3.8) is 0 Å². The zero-order chi connectivity index (χ0) is 38.1. The summed E-state index contributed by atoms with van der Waals surface area (Å²) in [7, 11) is 0. The van der Waals surface area contributed by atoms with Gasteiger partial charge in [-0.3, -0.25) is 33.7 Å². The summed E-state index contributed by atoms with van der Waals surface area (Å²) in [5.74, 6) is -6.66. The summed E-state index contributed by atoms with van der Waals surface area (Å²) in [4.78, 5) is 83.7. The van der Waals surface area contributed by atoms with Crippen molar-refractivity contribution in [2.75, 3.05) is 57.4 Å². The van der Waals surface area contributed by atoms with Crippen LogP contribution in [0.15, 0.2) is 56.9 Å². The van der Waals surface area contributed by atoms with Crippen molar-refractivity contribution in [1.29, 1.82) is 0 Å². The Hall–Kier alpha value is -6.60. The molecule has 274 valence electrons. The van der Waals surface area contributed by atoms with Crippen LogP contribution in [0.1, 0.15) is 15.9 Å². The van der Waals surface area contributed by atoms with Gasteiger partial charge in [-0.1, -0.05) is 11.2 Å². The molecular weight excluding hydrogens is 692 g/mol. The minimum Gasteiger partial charge on any atom is -0.507 e. The second-order valence-electron chi connectivity index (χ2n) is 11.2. The summed E-state index contributed by atoms with van der Waals surface area (Å²) < 4.78 is 17.4. The van der Waals surface area contributed by atoms with Crippen LogP contribution in [-0.2, 0) is 30.5 Å². The highest BCUT2D eigenvalue weighted by atomic mass is 16.5. The first-order valence-electron chi connectivity index (χ1n) is 15.2. The largest absolute Gasteiger partial charge is 0.507 e. The van der Waals surface area contributed by atoms with Gasteiger partial charge < -0.3 is 50.1 Å². The maximum atomic E-state index is 12.7. The zero-order valence-electron chi connectivity index (χ0n) is 27.1. The van der Waals surface area contributed by atoms with E-state index in [4.69, 9.17) is 29.8 Å². The number of hydrogen-bond donors (Lipinski definition) is 6. The Balaban J connectivity index is 1.81. The number of ether oxygens (including phenoxy) is 2. The number of aliphatic carboxylic acids is 4. The first-order valence-corrected chi connectivity index (χ1v) is 15.2. The number of benzene rings is 3. The summed E-state index contributed by atoms with van der Waals surface area (Å²) in [5, 5.41) is 50.6. The molecule has 1 heterocycles. The van der Waals surface area contributed by atoms with Crippen LogP contribution in [0, 0.1) is 4.91 Å². The Bertz CT molecular complexity index is 2030. The lowest BCUT2D eigenvalue weighted by molar-refractivity contribution is -0.142. The van der Waals surface area contributed by atoms with Gasteiger partial charge in [0.05, 0.1) is 37.6 Å². The molecule has 1 aliphatic heterocycles. The predicted octanol–water partition coefficient (Wildman–Crippen LogP) is 1.48. The Morgan fingerprint density at radius 3 is 2.08 bits per heavy atom. The molecule has 0 saturated carbocycles. The van der Waals surface area contributed by atoms with Gasteiger partial charge in [-0.15, -0.1) is 0 Å². The minimum absolute atomic E-state index is 0.0109. The number of phenols is 1. The first-order chi connectivity index (χ1) is 24.7. The molecule has 2 aromatic carbocycles. The molecule has 1 aliphatic carbocycles. The van der Waals surface area contributed by atoms with Crippen molar-refractivity contribution < 1.29 is 63.4 Å². The number of carbonyl (C=O) groups excluding carboxylic acids is 1. The molecule has 1 amide bonds. The molecule has 7 N–H and O–H groups in total. The Labute approximate surface area is 292 Å². The maximum Gasteiger partial charge on any atom is 0.323 e. The number of primary amides is 1. The van der Waals surface area contributed by atoms with Crippen LogP contribution in [-0.4, -0.2) is 113 Å². The molecule has 0 bridgehead atoms. The monoisotopic (exact) mass is 724 g/mol. The third-order valence-electron chi connectivity index (χ3n) is 7.52. The third kappa shape index (κ3) is 9.55. The van der Waals surface area contributed by atoms with Gasteiger partial charge in [-0.05, 0) is 29.8 Å². The van der Waals surface area contributed by atoms with Crippen molar-refractivity contribution in [3.8, 4) is 33.9 Å². The number of nitrogens with two attached hydrogens (primary N) is 1. The van der Waals surface area contributed by atoms with Crippen LogP contribution in [0.2, 0.25) is 0 Å². The van der Waals surface area contributed by atoms with E-state index in [0.717, 1.165) is 21.9 Å². The molecule has 4 rings (SSSR count). The normalized spacial score (nSPS) is 11.1. The fraction of sp³-hybridized carbons (Fsp3) is 0.273. The average Bonchev–Trinajstić information content (AvgIpc) is 3.04. The lowest BCUT2D eigenvalue weighted by Gasteiger charge is -2.25. The number of nitrogens with zero attached hydrogens (tertiary/aromatic N) is 3. The summed E-state index contributed by atoms with van der Waals surface area (Å²) in [6.07, 6.45) is 0. The van der Waals surface area contributed by atoms with Crippen LogP contribution >= 0.6 is 0 Å². The van der Waals surface area contributed by atoms with E-state index in [1.165, 1.54) is 30.3 Å². The van der Waals surface area contributed by atoms with Crippen LogP contribution < -0.4 is 20.8 Å². The molecule has 19 heteroatoms. The smallest absolute Gasteiger partial charge is 0.323 e. The highest BCUT2D eigenvalue weighted by Crippen LogP contribution is 2.44. The third-order valence-corrected chi connectivity index (χ3v) is 7.52. The standard InChI is InChI=1S/C33H32N4O15/c34-33(48)19-9-21-26(11-24(19)39)52-25-10-23(38)18(12-35-49)7-20(25)32(21)17-1-2-22(37(15-30(44)45)16-31(46)47)27(8-17)51-6-5-50-4-3-36(13-28(40)41)14-29(42)43/h1-2,7-11,39H,3-6,12-16H2,(H2,34,48)(H,40,41)(H,42,43)(H,44,45)(H,46,47). The number of carbonyl (C=O) groups is 5. The summed E-state index contributed by atoms with van der Waals surface area (Å²) in [6, 6.07) is 9.19. The van der Waals surface area contributed by atoms with Gasteiger partial charge in [-0.2, -0.15) is 4.91 Å². The summed E-state index contributed by atoms with van der Waals surface area (Å²) in [6.45, 7) is -3.49.